The van der Waals surface area contributed by atoms with Crippen molar-refractivity contribution in [2.45, 2.75) is 212 Å². The number of nitrogen functional groups attached to an aromatic ring is 4. The van der Waals surface area contributed by atoms with Gasteiger partial charge < -0.3 is 77.8 Å². The van der Waals surface area contributed by atoms with Crippen molar-refractivity contribution in [2.24, 2.45) is 17.8 Å². The highest BCUT2D eigenvalue weighted by Gasteiger charge is 2.39. The molecule has 8 aromatic heterocycles. The summed E-state index contributed by atoms with van der Waals surface area (Å²) in [5.41, 5.74) is 31.8. The van der Waals surface area contributed by atoms with Crippen LogP contribution in [0.15, 0.2) is 104 Å². The number of anilines is 5. The zero-order valence-electron chi connectivity index (χ0n) is 84.7. The van der Waals surface area contributed by atoms with Crippen molar-refractivity contribution in [3.63, 3.8) is 0 Å². The van der Waals surface area contributed by atoms with Gasteiger partial charge in [-0.2, -0.15) is 0 Å². The lowest BCUT2D eigenvalue weighted by Gasteiger charge is -2.23. The topological polar surface area (TPSA) is 405 Å². The van der Waals surface area contributed by atoms with E-state index in [-0.39, 0.29) is 108 Å². The first-order valence-corrected chi connectivity index (χ1v) is 49.8. The normalized spacial score (nSPS) is 15.8. The molecule has 0 bridgehead atoms. The first kappa shape index (κ1) is 108. The van der Waals surface area contributed by atoms with Crippen LogP contribution in [0.3, 0.4) is 0 Å². The SMILES string of the molecule is CC(=O)N1CCC(CNC(=O)c2c(F)c(Cl)cc(C(C)c3nc(C)c4c(N)nccn34)c2OC(C)C)C1.CCN1CCC(CNC(=O)c2c(F)c(Cl)cc(C(C)c3nc(C)c4c(N)nccn34)c2OC(C)C)C1.Cc1nc(C(C)c2cc(Cl)c(F)c(C(=O)NCC3CCN(C(C)C)C3)c2OC(C)C)n2ccnc(N)c12.Cc1nc(C(C)c2cc(Cl)c(F)c(C(=O)Nc3ccccc3)c2OC(C)C)n2ccnc(N)c12. The van der Waals surface area contributed by atoms with Crippen LogP contribution >= 0.6 is 46.4 Å². The molecular weight excluding hydrogens is 1930 g/mol. The Morgan fingerprint density at radius 3 is 0.965 bits per heavy atom. The van der Waals surface area contributed by atoms with Gasteiger partial charge in [0.25, 0.3) is 23.6 Å². The number of hydrogen-bond acceptors (Lipinski definition) is 23. The molecule has 3 fully saturated rings. The number of aromatic nitrogens is 12. The van der Waals surface area contributed by atoms with E-state index in [0.717, 1.165) is 63.4 Å². The van der Waals surface area contributed by atoms with Gasteiger partial charge in [0.2, 0.25) is 5.91 Å². The zero-order valence-corrected chi connectivity index (χ0v) is 87.7. The molecule has 3 aliphatic rings. The van der Waals surface area contributed by atoms with Crippen LogP contribution in [0.4, 0.5) is 46.5 Å². The monoisotopic (exact) mass is 2060 g/mol. The zero-order chi connectivity index (χ0) is 105. The molecule has 16 rings (SSSR count). The first-order valence-electron chi connectivity index (χ1n) is 48.3. The van der Waals surface area contributed by atoms with Gasteiger partial charge in [-0.3, -0.25) is 41.6 Å². The Kier molecular flexibility index (Phi) is 35.0. The molecule has 0 radical (unpaired) electrons. The molecule has 40 heteroatoms. The van der Waals surface area contributed by atoms with Crippen molar-refractivity contribution in [1.82, 2.24) is 88.1 Å². The number of hydrogen-bond donors (Lipinski definition) is 8. The molecule has 144 heavy (non-hydrogen) atoms. The lowest BCUT2D eigenvalue weighted by atomic mass is 9.95. The van der Waals surface area contributed by atoms with E-state index in [1.807, 2.05) is 107 Å². The summed E-state index contributed by atoms with van der Waals surface area (Å²) >= 11 is 25.3. The van der Waals surface area contributed by atoms with Crippen LogP contribution in [0.25, 0.3) is 22.1 Å². The fourth-order valence-corrected chi connectivity index (χ4v) is 19.6. The number of nitrogens with one attached hydrogen (secondary N) is 4. The van der Waals surface area contributed by atoms with Crippen LogP contribution in [-0.2, 0) is 4.79 Å². The number of ether oxygens (including phenoxy) is 4. The number of halogens is 8. The highest BCUT2D eigenvalue weighted by atomic mass is 35.5. The van der Waals surface area contributed by atoms with Crippen molar-refractivity contribution in [2.75, 3.05) is 93.7 Å². The average Bonchev–Trinajstić information content (AvgIpc) is 1.73. The lowest BCUT2D eigenvalue weighted by Crippen LogP contribution is -2.33. The summed E-state index contributed by atoms with van der Waals surface area (Å²) in [6, 6.07) is 15.3. The number of benzene rings is 5. The van der Waals surface area contributed by atoms with E-state index in [1.165, 1.54) is 31.2 Å². The molecule has 7 atom stereocenters. The number of likely N-dealkylation sites (tertiary alicyclic amines) is 3. The average molecular weight is 2060 g/mol. The summed E-state index contributed by atoms with van der Waals surface area (Å²) in [7, 11) is 0. The molecule has 768 valence electrons. The predicted molar refractivity (Wildman–Crippen MR) is 554 cm³/mol. The van der Waals surface area contributed by atoms with Gasteiger partial charge in [-0.1, -0.05) is 99.2 Å². The summed E-state index contributed by atoms with van der Waals surface area (Å²) in [5.74, 6) is -1.96. The minimum Gasteiger partial charge on any atom is -0.490 e. The number of carbonyl (C=O) groups excluding carboxylic acids is 5. The van der Waals surface area contributed by atoms with E-state index in [0.29, 0.717) is 159 Å². The molecule has 0 saturated carbocycles. The minimum absolute atomic E-state index is 0.000232. The number of fused-ring (bicyclic) bond motifs is 4. The Hall–Kier alpha value is -12.9. The van der Waals surface area contributed by atoms with Gasteiger partial charge in [-0.15, -0.1) is 0 Å². The summed E-state index contributed by atoms with van der Waals surface area (Å²) < 4.78 is 93.2. The molecule has 3 saturated heterocycles. The molecule has 32 nitrogen and oxygen atoms in total. The van der Waals surface area contributed by atoms with Gasteiger partial charge in [0.05, 0.1) is 67.3 Å². The Labute approximate surface area is 854 Å². The fraction of sp³-hybridized carbons (Fsp3) is 0.433. The third-order valence-corrected chi connectivity index (χ3v) is 27.1. The van der Waals surface area contributed by atoms with E-state index in [4.69, 9.17) is 108 Å². The molecule has 12 N–H and O–H groups in total. The van der Waals surface area contributed by atoms with Gasteiger partial charge in [0, 0.05) is 160 Å². The number of imidazole rings is 4. The molecule has 11 heterocycles. The number of aryl methyl sites for hydroxylation is 4. The van der Waals surface area contributed by atoms with Crippen LogP contribution < -0.4 is 63.1 Å². The fourth-order valence-electron chi connectivity index (χ4n) is 18.8. The molecule has 7 unspecified atom stereocenters. The number of rotatable bonds is 29. The van der Waals surface area contributed by atoms with Gasteiger partial charge in [0.1, 0.15) is 114 Å². The molecule has 5 aromatic carbocycles. The second kappa shape index (κ2) is 46.5. The number of carbonyl (C=O) groups is 5. The molecule has 0 aliphatic carbocycles. The summed E-state index contributed by atoms with van der Waals surface area (Å²) in [5, 5.41) is 10.8. The Morgan fingerprint density at radius 1 is 0.410 bits per heavy atom. The van der Waals surface area contributed by atoms with Crippen molar-refractivity contribution in [3.05, 3.63) is 238 Å². The van der Waals surface area contributed by atoms with Crippen molar-refractivity contribution >= 4 is 127 Å². The predicted octanol–water partition coefficient (Wildman–Crippen LogP) is 18.8. The lowest BCUT2D eigenvalue weighted by molar-refractivity contribution is -0.127. The van der Waals surface area contributed by atoms with E-state index in [9.17, 15) is 24.0 Å². The highest BCUT2D eigenvalue weighted by Crippen LogP contribution is 2.47. The molecule has 3 aliphatic heterocycles. The first-order chi connectivity index (χ1) is 68.3. The van der Waals surface area contributed by atoms with E-state index in [1.54, 1.807) is 106 Å². The Bertz CT molecular complexity index is 6940. The van der Waals surface area contributed by atoms with E-state index >= 15 is 17.6 Å². The quantitative estimate of drug-likeness (QED) is 0.0202. The van der Waals surface area contributed by atoms with E-state index < -0.39 is 64.7 Å². The van der Waals surface area contributed by atoms with Gasteiger partial charge in [-0.25, -0.2) is 57.4 Å². The van der Waals surface area contributed by atoms with Crippen molar-refractivity contribution in [1.29, 1.82) is 0 Å². The van der Waals surface area contributed by atoms with Crippen LogP contribution in [-0.4, -0.2) is 198 Å². The minimum atomic E-state index is -0.848. The largest absolute Gasteiger partial charge is 0.490 e. The van der Waals surface area contributed by atoms with Gasteiger partial charge in [0.15, 0.2) is 23.3 Å². The standard InChI is InChI=1S/C27H36ClFN6O2.C26H32ClFN6O3.C26H34ClFN6O2.C25H25ClFN5O2/c1-14(2)34-9-7-18(13-34)12-32-27(36)21-22(29)20(28)11-19(24(21)37-15(3)4)16(5)26-33-17(6)23-25(30)31-8-10-35(23)26;1-13(2)37-23-18(14(3)25-32-15(4)22-24(29)30-7-9-34(22)25)10-19(27)21(28)20(23)26(36)31-11-17-6-8-33(12-17)16(5)35;1-6-33-9-7-17(13-33)12-31-26(35)20-21(28)19(27)11-18(23(20)36-14(2)3)15(4)25-32-16(5)22-24(29)30-8-10-34(22)25;1-13(2)34-22-17(14(3)24-30-15(4)21-23(28)29-10-11-32(21)24)12-18(26)20(27)19(22)25(33)31-16-8-6-5-7-9-16/h8,10-11,14-16,18H,7,9,12-13H2,1-6H3,(H2,30,31)(H,32,36);7,9-10,13-14,17H,6,8,11-12H2,1-5H3,(H2,29,30)(H,31,36);8,10-11,14-15,17H,6-7,9,12-13H2,1-5H3,(H2,29,30)(H,31,35);5-14H,1-4H3,(H2,28,29)(H,31,33). The van der Waals surface area contributed by atoms with E-state index in [2.05, 4.69) is 71.8 Å². The third kappa shape index (κ3) is 23.7. The van der Waals surface area contributed by atoms with Crippen molar-refractivity contribution in [3.8, 4) is 23.0 Å². The summed E-state index contributed by atoms with van der Waals surface area (Å²) in [6.07, 6.45) is 14.9. The van der Waals surface area contributed by atoms with Crippen LogP contribution in [0.2, 0.25) is 20.1 Å². The summed E-state index contributed by atoms with van der Waals surface area (Å²) in [4.78, 5) is 107. The molecule has 5 amide bonds. The number of nitrogens with two attached hydrogens (primary N) is 4. The van der Waals surface area contributed by atoms with Crippen LogP contribution in [0, 0.1) is 68.7 Å². The summed E-state index contributed by atoms with van der Waals surface area (Å²) in [6.45, 7) is 44.7. The maximum Gasteiger partial charge on any atom is 0.262 e. The van der Waals surface area contributed by atoms with Crippen LogP contribution in [0.5, 0.6) is 23.0 Å². The maximum atomic E-state index is 15.5. The Morgan fingerprint density at radius 2 is 0.694 bits per heavy atom. The second-order valence-corrected chi connectivity index (χ2v) is 39.8. The molecule has 13 aromatic rings. The van der Waals surface area contributed by atoms with Gasteiger partial charge >= 0.3 is 0 Å². The third-order valence-electron chi connectivity index (χ3n) is 26.0. The maximum absolute atomic E-state index is 15.5. The molecular formula is C104H127Cl4F4N23O9. The number of para-hydroxylation sites is 1. The molecule has 0 spiro atoms. The smallest absolute Gasteiger partial charge is 0.262 e. The Balaban J connectivity index is 0.000000161. The van der Waals surface area contributed by atoms with Gasteiger partial charge in [-0.05, 0) is 190 Å². The second-order valence-electron chi connectivity index (χ2n) is 38.1. The number of nitrogens with zero attached hydrogens (tertiary/aromatic N) is 15. The number of amides is 5. The van der Waals surface area contributed by atoms with Crippen molar-refractivity contribution < 1.29 is 60.5 Å². The van der Waals surface area contributed by atoms with Crippen LogP contribution in [0.1, 0.15) is 263 Å². The highest BCUT2D eigenvalue weighted by molar-refractivity contribution is 6.33.